The number of hydrogen-bond acceptors (Lipinski definition) is 3. The third-order valence-corrected chi connectivity index (χ3v) is 0.946. The van der Waals surface area contributed by atoms with Gasteiger partial charge in [0.05, 0.1) is 0 Å². The summed E-state index contributed by atoms with van der Waals surface area (Å²) in [5.41, 5.74) is -0.464. The number of rotatable bonds is 1. The highest BCUT2D eigenvalue weighted by Gasteiger charge is 2.18. The molecule has 0 aromatic heterocycles. The first kappa shape index (κ1) is 10.9. The zero-order valence-electron chi connectivity index (χ0n) is 8.29. The van der Waals surface area contributed by atoms with Crippen molar-refractivity contribution in [2.45, 2.75) is 33.3 Å². The largest absolute Gasteiger partial charge is 0.442 e. The molecule has 0 saturated heterocycles. The summed E-state index contributed by atoms with van der Waals surface area (Å²) < 4.78 is 5.03. The summed E-state index contributed by atoms with van der Waals surface area (Å²) in [6.07, 6.45) is 1.09. The van der Waals surface area contributed by atoms with Crippen molar-refractivity contribution in [2.24, 2.45) is 5.10 Å². The summed E-state index contributed by atoms with van der Waals surface area (Å²) in [4.78, 5) is 11.1. The molecule has 70 valence electrons. The first-order valence-corrected chi connectivity index (χ1v) is 3.82. The highest BCUT2D eigenvalue weighted by Crippen LogP contribution is 2.08. The van der Waals surface area contributed by atoms with Crippen LogP contribution in [0.3, 0.4) is 0 Å². The van der Waals surface area contributed by atoms with E-state index in [1.807, 2.05) is 20.8 Å². The van der Waals surface area contributed by atoms with Crippen LogP contribution in [0.15, 0.2) is 5.10 Å². The number of hydrogen-bond donors (Lipinski definition) is 0. The molecule has 0 saturated carbocycles. The van der Waals surface area contributed by atoms with Gasteiger partial charge in [-0.3, -0.25) is 0 Å². The van der Waals surface area contributed by atoms with Crippen LogP contribution in [0.1, 0.15) is 27.7 Å². The molecule has 0 spiro atoms. The predicted octanol–water partition coefficient (Wildman–Crippen LogP) is 1.86. The maximum atomic E-state index is 11.1. The average molecular weight is 172 g/mol. The smallest absolute Gasteiger partial charge is 0.430 e. The number of nitrogens with zero attached hydrogens (tertiary/aromatic N) is 2. The van der Waals surface area contributed by atoms with E-state index >= 15 is 0 Å². The minimum atomic E-state index is -0.464. The van der Waals surface area contributed by atoms with Crippen LogP contribution in [-0.4, -0.2) is 30.0 Å². The molecule has 0 rings (SSSR count). The molecule has 0 aliphatic rings. The van der Waals surface area contributed by atoms with Crippen LogP contribution in [-0.2, 0) is 4.74 Å². The molecule has 0 N–H and O–H groups in total. The molecular formula is C8H16N2O2. The maximum Gasteiger partial charge on any atom is 0.430 e. The van der Waals surface area contributed by atoms with Crippen molar-refractivity contribution in [3.05, 3.63) is 0 Å². The van der Waals surface area contributed by atoms with Gasteiger partial charge < -0.3 is 4.74 Å². The van der Waals surface area contributed by atoms with Gasteiger partial charge in [-0.15, -0.1) is 0 Å². The van der Waals surface area contributed by atoms with Gasteiger partial charge in [-0.05, 0) is 27.7 Å². The molecule has 0 heterocycles. The van der Waals surface area contributed by atoms with Crippen molar-refractivity contribution in [1.29, 1.82) is 0 Å². The molecule has 0 aliphatic heterocycles. The van der Waals surface area contributed by atoms with Gasteiger partial charge in [0.25, 0.3) is 0 Å². The minimum Gasteiger partial charge on any atom is -0.442 e. The van der Waals surface area contributed by atoms with E-state index in [4.69, 9.17) is 4.74 Å². The van der Waals surface area contributed by atoms with Gasteiger partial charge >= 0.3 is 6.09 Å². The van der Waals surface area contributed by atoms with E-state index < -0.39 is 11.7 Å². The lowest BCUT2D eigenvalue weighted by atomic mass is 10.2. The van der Waals surface area contributed by atoms with Crippen LogP contribution >= 0.6 is 0 Å². The molecule has 0 aromatic carbocycles. The quantitative estimate of drug-likeness (QED) is 0.447. The van der Waals surface area contributed by atoms with E-state index in [2.05, 4.69) is 5.10 Å². The summed E-state index contributed by atoms with van der Waals surface area (Å²) in [6, 6.07) is 0. The third-order valence-electron chi connectivity index (χ3n) is 0.946. The average Bonchev–Trinajstić information content (AvgIpc) is 1.84. The Kier molecular flexibility index (Phi) is 3.73. The highest BCUT2D eigenvalue weighted by molar-refractivity contribution is 5.69. The van der Waals surface area contributed by atoms with Gasteiger partial charge in [-0.25, -0.2) is 9.80 Å². The van der Waals surface area contributed by atoms with Crippen LogP contribution in [0, 0.1) is 0 Å². The van der Waals surface area contributed by atoms with Crippen molar-refractivity contribution >= 4 is 12.3 Å². The second kappa shape index (κ2) is 4.09. The van der Waals surface area contributed by atoms with E-state index in [0.717, 1.165) is 5.01 Å². The molecule has 0 radical (unpaired) electrons. The molecular weight excluding hydrogens is 156 g/mol. The van der Waals surface area contributed by atoms with Gasteiger partial charge in [0, 0.05) is 13.3 Å². The molecule has 0 aliphatic carbocycles. The third kappa shape index (κ3) is 4.71. The zero-order chi connectivity index (χ0) is 9.78. The normalized spacial score (nSPS) is 11.8. The highest BCUT2D eigenvalue weighted by atomic mass is 16.6. The van der Waals surface area contributed by atoms with Crippen LogP contribution in [0.25, 0.3) is 0 Å². The van der Waals surface area contributed by atoms with Gasteiger partial charge in [-0.2, -0.15) is 5.10 Å². The number of ether oxygens (including phenoxy) is 1. The van der Waals surface area contributed by atoms with Gasteiger partial charge in [0.15, 0.2) is 0 Å². The maximum absolute atomic E-state index is 11.1. The molecule has 0 bridgehead atoms. The van der Waals surface area contributed by atoms with E-state index in [-0.39, 0.29) is 0 Å². The fourth-order valence-corrected chi connectivity index (χ4v) is 0.548. The van der Waals surface area contributed by atoms with Crippen molar-refractivity contribution < 1.29 is 9.53 Å². The molecule has 4 heteroatoms. The summed E-state index contributed by atoms with van der Waals surface area (Å²) in [6.45, 7) is 7.18. The molecule has 0 aromatic rings. The molecule has 0 unspecified atom stereocenters. The fraction of sp³-hybridized carbons (Fsp3) is 0.750. The summed E-state index contributed by atoms with van der Waals surface area (Å²) in [5, 5.41) is 4.90. The SMILES string of the molecule is C/C=N/N(C)C(=O)OC(C)(C)C. The van der Waals surface area contributed by atoms with Crippen molar-refractivity contribution in [3.8, 4) is 0 Å². The lowest BCUT2D eigenvalue weighted by molar-refractivity contribution is 0.0304. The van der Waals surface area contributed by atoms with Crippen molar-refractivity contribution in [3.63, 3.8) is 0 Å². The number of hydrazone groups is 1. The Bertz CT molecular complexity index is 182. The van der Waals surface area contributed by atoms with Gasteiger partial charge in [-0.1, -0.05) is 0 Å². The van der Waals surface area contributed by atoms with E-state index in [0.29, 0.717) is 0 Å². The Morgan fingerprint density at radius 2 is 2.00 bits per heavy atom. The Labute approximate surface area is 73.2 Å². The fourth-order valence-electron chi connectivity index (χ4n) is 0.548. The first-order chi connectivity index (χ1) is 5.37. The standard InChI is InChI=1S/C8H16N2O2/c1-6-9-10(5)7(11)12-8(2,3)4/h6H,1-5H3/b9-6+. The van der Waals surface area contributed by atoms with Crippen LogP contribution < -0.4 is 0 Å². The number of amides is 1. The number of carbonyl (C=O) groups is 1. The Morgan fingerprint density at radius 3 is 2.33 bits per heavy atom. The van der Waals surface area contributed by atoms with E-state index in [1.54, 1.807) is 14.0 Å². The van der Waals surface area contributed by atoms with E-state index in [9.17, 15) is 4.79 Å². The number of carbonyl (C=O) groups excluding carboxylic acids is 1. The second-order valence-corrected chi connectivity index (χ2v) is 3.38. The molecule has 1 amide bonds. The Hall–Kier alpha value is -1.06. The predicted molar refractivity (Wildman–Crippen MR) is 48.2 cm³/mol. The van der Waals surface area contributed by atoms with Crippen molar-refractivity contribution in [2.75, 3.05) is 7.05 Å². The lowest BCUT2D eigenvalue weighted by Gasteiger charge is -2.21. The lowest BCUT2D eigenvalue weighted by Crippen LogP contribution is -2.31. The summed E-state index contributed by atoms with van der Waals surface area (Å²) >= 11 is 0. The molecule has 0 atom stereocenters. The Balaban J connectivity index is 4.05. The van der Waals surface area contributed by atoms with Gasteiger partial charge in [0.2, 0.25) is 0 Å². The van der Waals surface area contributed by atoms with E-state index in [1.165, 1.54) is 6.21 Å². The Morgan fingerprint density at radius 1 is 1.50 bits per heavy atom. The summed E-state index contributed by atoms with van der Waals surface area (Å²) in [7, 11) is 1.55. The van der Waals surface area contributed by atoms with Gasteiger partial charge in [0.1, 0.15) is 5.60 Å². The van der Waals surface area contributed by atoms with Crippen LogP contribution in [0.4, 0.5) is 4.79 Å². The second-order valence-electron chi connectivity index (χ2n) is 3.38. The molecule has 12 heavy (non-hydrogen) atoms. The summed E-state index contributed by atoms with van der Waals surface area (Å²) in [5.74, 6) is 0. The topological polar surface area (TPSA) is 41.9 Å². The minimum absolute atomic E-state index is 0.444. The monoisotopic (exact) mass is 172 g/mol. The van der Waals surface area contributed by atoms with Crippen LogP contribution in [0.2, 0.25) is 0 Å². The van der Waals surface area contributed by atoms with Crippen LogP contribution in [0.5, 0.6) is 0 Å². The first-order valence-electron chi connectivity index (χ1n) is 3.82. The zero-order valence-corrected chi connectivity index (χ0v) is 8.29. The van der Waals surface area contributed by atoms with Crippen molar-refractivity contribution in [1.82, 2.24) is 5.01 Å². The molecule has 0 fully saturated rings. The molecule has 4 nitrogen and oxygen atoms in total.